The zero-order valence-electron chi connectivity index (χ0n) is 47.4. The number of rotatable bonds is 9. The number of phenols is 3. The number of hydrogen-bond acceptors (Lipinski definition) is 16. The molecule has 5 aromatic carbocycles. The van der Waals surface area contributed by atoms with Crippen LogP contribution in [0.3, 0.4) is 0 Å². The number of carbonyl (C=O) groups is 8. The molecule has 83 heavy (non-hydrogen) atoms. The van der Waals surface area contributed by atoms with Crippen molar-refractivity contribution >= 4 is 95.7 Å². The van der Waals surface area contributed by atoms with Gasteiger partial charge in [0.1, 0.15) is 23.9 Å². The van der Waals surface area contributed by atoms with Gasteiger partial charge in [0.25, 0.3) is 0 Å². The minimum absolute atomic E-state index is 0.0166. The molecule has 0 spiro atoms. The molecule has 24 heteroatoms. The van der Waals surface area contributed by atoms with Crippen LogP contribution in [0.15, 0.2) is 72.8 Å². The third-order valence-corrected chi connectivity index (χ3v) is 16.6. The number of fused-ring (bicyclic) bond motifs is 15. The van der Waals surface area contributed by atoms with Gasteiger partial charge >= 0.3 is 299 Å². The van der Waals surface area contributed by atoms with Gasteiger partial charge in [-0.15, -0.1) is 0 Å². The predicted molar refractivity (Wildman–Crippen MR) is 300 cm³/mol. The standard InChI is InChI=1S/C59H65N8O15.Rb/c1-25(2)16-38(67(7)8)55(75)66-50-52(73)32-12-15-42(27(4)18-32)82-44-21-33-20-43(53(44)80-9)81-41-14-11-30(17-26(41)3)28(5)47-56(76)62-37(24-68)34-22-40(70)29(6)51(72)46(34)35-19-31(10-13-39(35)69)48(57(77)63-47)65-58(78)49(33)64-54(74)36(23-45(60)71)61-59(50)79;/h10-15,17-22,25,28,36-38,47-50,52,69-70,72-73H,16,23H2,1-9H3,(H2,60,71)(H,61,79)(H,62,76)(H,63,77)(H,64,74)(H,65,78)(H,66,75);. The first-order valence-corrected chi connectivity index (χ1v) is 29.3. The van der Waals surface area contributed by atoms with Crippen molar-refractivity contribution in [2.75, 3.05) is 21.2 Å². The van der Waals surface area contributed by atoms with E-state index in [9.17, 15) is 44.4 Å². The number of likely N-dealkylation sites (N-methyl/N-ethyl adjacent to an activating group) is 1. The van der Waals surface area contributed by atoms with Gasteiger partial charge in [-0.25, -0.2) is 0 Å². The fraction of sp³-hybridized carbons (Fsp3) is 0.356. The summed E-state index contributed by atoms with van der Waals surface area (Å²) in [5, 5.41) is 62.6. The second-order valence-electron chi connectivity index (χ2n) is 21.9. The predicted octanol–water partition coefficient (Wildman–Crippen LogP) is 3.34. The number of aryl methyl sites for hydroxylation is 2. The fourth-order valence-corrected chi connectivity index (χ4v) is 11.7. The molecule has 0 aromatic heterocycles. The second-order valence-corrected chi connectivity index (χ2v) is 24.3. The van der Waals surface area contributed by atoms with Gasteiger partial charge < -0.3 is 30.9 Å². The van der Waals surface area contributed by atoms with Gasteiger partial charge in [0.15, 0.2) is 5.75 Å². The molecule has 23 nitrogen and oxygen atoms in total. The maximum absolute atomic E-state index is 15.7. The molecule has 5 aliphatic rings. The first kappa shape index (κ1) is 61.7. The van der Waals surface area contributed by atoms with E-state index in [4.69, 9.17) is 19.9 Å². The van der Waals surface area contributed by atoms with E-state index in [1.165, 1.54) is 68.6 Å². The number of aromatic hydroxyl groups is 3. The van der Waals surface area contributed by atoms with Crippen LogP contribution in [-0.4, -0.2) is 166 Å². The molecule has 0 fully saturated rings. The van der Waals surface area contributed by atoms with Crippen LogP contribution in [0.2, 0.25) is 0 Å². The Kier molecular flexibility index (Phi) is 18.7. The number of nitrogens with zero attached hydrogens (tertiary/aromatic N) is 1. The third-order valence-electron chi connectivity index (χ3n) is 15.2. The third kappa shape index (κ3) is 13.0. The summed E-state index contributed by atoms with van der Waals surface area (Å²) in [4.78, 5) is 118. The summed E-state index contributed by atoms with van der Waals surface area (Å²) >= 11 is -0.833. The van der Waals surface area contributed by atoms with Crippen LogP contribution in [0.4, 0.5) is 0 Å². The number of nitrogens with one attached hydrogen (secondary N) is 6. The van der Waals surface area contributed by atoms with E-state index >= 15 is 14.4 Å². The molecular formula is C59H65N8O15Rb. The Morgan fingerprint density at radius 3 is 1.87 bits per heavy atom. The number of carbonyl (C=O) groups excluding carboxylic acids is 8. The molecule has 0 aliphatic carbocycles. The van der Waals surface area contributed by atoms with Crippen LogP contribution >= 0.6 is 0 Å². The summed E-state index contributed by atoms with van der Waals surface area (Å²) in [6.07, 6.45) is -2.31. The van der Waals surface area contributed by atoms with Gasteiger partial charge in [-0.05, 0) is 68.8 Å². The van der Waals surface area contributed by atoms with Crippen LogP contribution in [0.5, 0.6) is 46.0 Å². The molecule has 0 saturated heterocycles. The molecular weight excluding hydrogens is 1150 g/mol. The molecule has 12 N–H and O–H groups in total. The average Bonchev–Trinajstić information content (AvgIpc) is 2.26. The molecule has 9 unspecified atom stereocenters. The zero-order chi connectivity index (χ0) is 60.6. The van der Waals surface area contributed by atoms with Gasteiger partial charge in [-0.2, -0.15) is 0 Å². The average molecular weight is 1210 g/mol. The molecule has 11 bridgehead atoms. The molecule has 432 valence electrons. The summed E-state index contributed by atoms with van der Waals surface area (Å²) in [7, 11) is 4.69. The number of primary amides is 1. The Morgan fingerprint density at radius 1 is 0.711 bits per heavy atom. The van der Waals surface area contributed by atoms with Crippen LogP contribution < -0.4 is 51.8 Å². The van der Waals surface area contributed by atoms with E-state index < -0.39 is 174 Å². The number of ether oxygens (including phenoxy) is 3. The fourth-order valence-electron chi connectivity index (χ4n) is 10.6. The summed E-state index contributed by atoms with van der Waals surface area (Å²) in [6, 6.07) is 5.81. The van der Waals surface area contributed by atoms with Gasteiger partial charge in [-0.3, -0.25) is 24.1 Å². The number of nitrogens with two attached hydrogens (primary N) is 1. The van der Waals surface area contributed by atoms with Crippen molar-refractivity contribution < 1.29 is 73.0 Å². The Morgan fingerprint density at radius 2 is 1.29 bits per heavy atom. The summed E-state index contributed by atoms with van der Waals surface area (Å²) < 4.78 is 18.7. The maximum atomic E-state index is 15.7. The molecule has 5 aliphatic heterocycles. The Hall–Kier alpha value is -7.41. The van der Waals surface area contributed by atoms with Crippen molar-refractivity contribution in [3.05, 3.63) is 117 Å². The topological polar surface area (TPSA) is 347 Å². The summed E-state index contributed by atoms with van der Waals surface area (Å²) in [5.41, 5.74) is 6.63. The number of aliphatic hydroxyl groups is 1. The number of hydrogen-bond donors (Lipinski definition) is 11. The molecule has 0 radical (unpaired) electrons. The van der Waals surface area contributed by atoms with Crippen LogP contribution in [0.25, 0.3) is 11.1 Å². The normalized spacial score (nSPS) is 22.1. The number of benzene rings is 5. The van der Waals surface area contributed by atoms with Gasteiger partial charge in [0, 0.05) is 0 Å². The van der Waals surface area contributed by atoms with Crippen molar-refractivity contribution in [1.29, 1.82) is 0 Å². The Balaban J connectivity index is 1.38. The van der Waals surface area contributed by atoms with Crippen molar-refractivity contribution in [2.45, 2.75) is 109 Å². The number of amides is 7. The molecule has 5 aromatic rings. The molecule has 5 heterocycles. The van der Waals surface area contributed by atoms with Crippen LogP contribution in [0, 0.1) is 26.7 Å². The Labute approximate surface area is 517 Å². The van der Waals surface area contributed by atoms with E-state index in [0.717, 1.165) is 0 Å². The monoisotopic (exact) mass is 1210 g/mol. The van der Waals surface area contributed by atoms with Crippen molar-refractivity contribution in [3.8, 4) is 57.1 Å². The molecule has 0 saturated carbocycles. The quantitative estimate of drug-likeness (QED) is 0.101. The van der Waals surface area contributed by atoms with Crippen LogP contribution in [0.1, 0.15) is 108 Å². The van der Waals surface area contributed by atoms with E-state index in [1.807, 2.05) is 13.8 Å². The summed E-state index contributed by atoms with van der Waals surface area (Å²) in [6.45, 7) is 10.2. The van der Waals surface area contributed by atoms with E-state index in [-0.39, 0.29) is 73.6 Å². The van der Waals surface area contributed by atoms with Gasteiger partial charge in [0.2, 0.25) is 29.4 Å². The minimum atomic E-state index is -1.96. The second kappa shape index (κ2) is 25.2. The van der Waals surface area contributed by atoms with Crippen LogP contribution in [-0.2, 0) is 38.4 Å². The van der Waals surface area contributed by atoms with Crippen molar-refractivity contribution in [3.63, 3.8) is 0 Å². The van der Waals surface area contributed by atoms with E-state index in [1.54, 1.807) is 58.0 Å². The van der Waals surface area contributed by atoms with Crippen molar-refractivity contribution in [1.82, 2.24) is 36.8 Å². The van der Waals surface area contributed by atoms with Crippen molar-refractivity contribution in [2.24, 2.45) is 11.7 Å². The van der Waals surface area contributed by atoms with E-state index in [2.05, 4.69) is 31.9 Å². The zero-order valence-corrected chi connectivity index (χ0v) is 52.3. The van der Waals surface area contributed by atoms with Gasteiger partial charge in [0.05, 0.1) is 19.6 Å². The van der Waals surface area contributed by atoms with E-state index in [0.29, 0.717) is 23.1 Å². The number of aliphatic hydroxyl groups excluding tert-OH is 1. The Bertz CT molecular complexity index is 3480. The first-order chi connectivity index (χ1) is 39.2. The molecule has 7 amide bonds. The first-order valence-electron chi connectivity index (χ1n) is 26.8. The molecule has 10 rings (SSSR count). The number of methoxy groups -OCH3 is 1. The SMILES string of the molecule is COc1c2cc3cc1Oc1ccc(cc1C)C(O)C(NC(=O)C(CC(C)C)N(C)C)C(=O)NC(CC(N)=O)C(=O)NC3C(=O)NC1C(=O)NC(C(=O)NC([C](=O)[Rb])c3cc(O)c(C)c(O)c3-c3cc1ccc3O)C(C)c1ccc(c(C)c1)O2. The van der Waals surface area contributed by atoms with Gasteiger partial charge in [-0.1, -0.05) is 19.9 Å². The number of phenolic OH excluding ortho intramolecular Hbond substituents is 3. The summed E-state index contributed by atoms with van der Waals surface area (Å²) in [5.74, 6) is -9.23. The molecule has 9 atom stereocenters.